The van der Waals surface area contributed by atoms with Crippen LogP contribution in [0.5, 0.6) is 0 Å². The predicted octanol–water partition coefficient (Wildman–Crippen LogP) is 12.2. The Morgan fingerprint density at radius 1 is 0.303 bits per heavy atom. The lowest BCUT2D eigenvalue weighted by atomic mass is 10.1. The van der Waals surface area contributed by atoms with E-state index in [0.29, 0.717) is 5.56 Å². The van der Waals surface area contributed by atoms with Gasteiger partial charge in [-0.25, -0.2) is 0 Å². The summed E-state index contributed by atoms with van der Waals surface area (Å²) in [4.78, 5) is 0. The fourth-order valence-corrected chi connectivity index (χ4v) is 15.8. The molecule has 0 bridgehead atoms. The first-order valence-corrected chi connectivity index (χ1v) is 24.5. The predicted molar refractivity (Wildman–Crippen MR) is 278 cm³/mol. The fourth-order valence-electron chi connectivity index (χ4n) is 11.1. The summed E-state index contributed by atoms with van der Waals surface area (Å²) in [6.45, 7) is 0. The highest BCUT2D eigenvalue weighted by atomic mass is 28.3. The van der Waals surface area contributed by atoms with Gasteiger partial charge in [0.2, 0.25) is 0 Å². The quantitative estimate of drug-likeness (QED) is 0.116. The van der Waals surface area contributed by atoms with Crippen molar-refractivity contribution in [2.24, 2.45) is 0 Å². The first kappa shape index (κ1) is 37.8. The third-order valence-corrected chi connectivity index (χ3v) is 18.6. The normalized spacial score (nSPS) is 11.9. The molecule has 66 heavy (non-hydrogen) atoms. The zero-order valence-electron chi connectivity index (χ0n) is 35.9. The summed E-state index contributed by atoms with van der Waals surface area (Å²) in [5.41, 5.74) is 10.7. The number of para-hydroxylation sites is 3. The maximum atomic E-state index is 9.91. The fraction of sp³-hybridized carbons (Fsp3) is 0. The van der Waals surface area contributed by atoms with Gasteiger partial charge < -0.3 is 13.7 Å². The highest BCUT2D eigenvalue weighted by Crippen LogP contribution is 2.41. The topological polar surface area (TPSA) is 38.6 Å². The molecule has 0 saturated heterocycles. The monoisotopic (exact) mass is 856 g/mol. The molecule has 0 radical (unpaired) electrons. The van der Waals surface area contributed by atoms with E-state index in [-0.39, 0.29) is 0 Å². The van der Waals surface area contributed by atoms with Crippen LogP contribution in [0.1, 0.15) is 5.56 Å². The Morgan fingerprint density at radius 2 is 0.758 bits per heavy atom. The van der Waals surface area contributed by atoms with Crippen LogP contribution in [0.2, 0.25) is 0 Å². The Morgan fingerprint density at radius 3 is 1.38 bits per heavy atom. The van der Waals surface area contributed by atoms with Crippen LogP contribution in [0, 0.1) is 11.3 Å². The Balaban J connectivity index is 1.01. The average molecular weight is 857 g/mol. The summed E-state index contributed by atoms with van der Waals surface area (Å²) in [6, 6.07) is 90.9. The highest BCUT2D eigenvalue weighted by molar-refractivity contribution is 7.19. The zero-order valence-corrected chi connectivity index (χ0v) is 36.9. The molecule has 0 unspecified atom stereocenters. The number of rotatable bonds is 7. The summed E-state index contributed by atoms with van der Waals surface area (Å²) < 4.78 is 7.21. The van der Waals surface area contributed by atoms with Crippen LogP contribution in [0.15, 0.2) is 243 Å². The number of hydrogen-bond donors (Lipinski definition) is 0. The Kier molecular flexibility index (Phi) is 8.57. The molecule has 0 aliphatic carbocycles. The second kappa shape index (κ2) is 15.0. The first-order valence-electron chi connectivity index (χ1n) is 22.5. The zero-order chi connectivity index (χ0) is 43.8. The Hall–Kier alpha value is -8.69. The molecule has 0 aliphatic heterocycles. The molecule has 0 N–H and O–H groups in total. The number of nitrogens with zero attached hydrogens (tertiary/aromatic N) is 4. The molecule has 13 aromatic rings. The van der Waals surface area contributed by atoms with E-state index in [0.717, 1.165) is 55.5 Å². The first-order chi connectivity index (χ1) is 32.7. The minimum absolute atomic E-state index is 0.647. The summed E-state index contributed by atoms with van der Waals surface area (Å²) in [5.74, 6) is 0. The van der Waals surface area contributed by atoms with E-state index < -0.39 is 8.07 Å². The molecule has 0 aliphatic rings. The van der Waals surface area contributed by atoms with Gasteiger partial charge in [-0.3, -0.25) is 0 Å². The average Bonchev–Trinajstić information content (AvgIpc) is 4.03. The largest absolute Gasteiger partial charge is 0.309 e. The standard InChI is InChI=1S/C61H40N4Si/c62-41-42-31-37-51-49-23-10-13-26-54(49)64(60(51)39-42)44-34-38-57-53(40-44)50-24-11-14-27-55(50)65(57)59-30-16-29-58-61(59)52-25-12-15-28-56(52)63(58)43-32-35-48(36-33-43)66(45-17-4-1-5-18-45,46-19-6-2-7-20-46)47-21-8-3-9-22-47/h1-40H. The molecule has 4 nitrogen and oxygen atoms in total. The van der Waals surface area contributed by atoms with Crippen molar-refractivity contribution in [2.45, 2.75) is 0 Å². The van der Waals surface area contributed by atoms with Gasteiger partial charge in [0, 0.05) is 43.7 Å². The van der Waals surface area contributed by atoms with E-state index in [9.17, 15) is 5.26 Å². The summed E-state index contributed by atoms with van der Waals surface area (Å²) in [7, 11) is -2.69. The molecule has 3 aromatic heterocycles. The minimum Gasteiger partial charge on any atom is -0.309 e. The van der Waals surface area contributed by atoms with Crippen molar-refractivity contribution in [1.82, 2.24) is 13.7 Å². The Labute approximate surface area is 382 Å². The van der Waals surface area contributed by atoms with Crippen molar-refractivity contribution in [2.75, 3.05) is 0 Å². The molecule has 308 valence electrons. The second-order valence-electron chi connectivity index (χ2n) is 17.2. The molecule has 0 fully saturated rings. The number of hydrogen-bond acceptors (Lipinski definition) is 1. The molecular weight excluding hydrogens is 817 g/mol. The molecule has 0 amide bonds. The van der Waals surface area contributed by atoms with Crippen LogP contribution >= 0.6 is 0 Å². The molecule has 3 heterocycles. The number of fused-ring (bicyclic) bond motifs is 9. The summed E-state index contributed by atoms with van der Waals surface area (Å²) >= 11 is 0. The maximum Gasteiger partial charge on any atom is 0.179 e. The molecule has 0 saturated carbocycles. The molecular formula is C61H40N4Si. The van der Waals surface area contributed by atoms with E-state index >= 15 is 0 Å². The van der Waals surface area contributed by atoms with Crippen molar-refractivity contribution >= 4 is 94.2 Å². The smallest absolute Gasteiger partial charge is 0.179 e. The summed E-state index contributed by atoms with van der Waals surface area (Å²) in [5, 5.41) is 22.4. The SMILES string of the molecule is N#Cc1ccc2c3ccccc3n(-c3ccc4c(c3)c3ccccc3n4-c3cccc4c3c3ccccc3n4-c3ccc([Si](c4ccccc4)(c4ccccc4)c4ccccc4)cc3)c2c1. The van der Waals surface area contributed by atoms with Gasteiger partial charge in [-0.1, -0.05) is 170 Å². The molecule has 0 atom stereocenters. The van der Waals surface area contributed by atoms with Crippen molar-refractivity contribution in [1.29, 1.82) is 5.26 Å². The molecule has 13 rings (SSSR count). The third-order valence-electron chi connectivity index (χ3n) is 13.8. The number of aromatic nitrogens is 3. The van der Waals surface area contributed by atoms with Gasteiger partial charge in [-0.2, -0.15) is 5.26 Å². The van der Waals surface area contributed by atoms with E-state index in [1.54, 1.807) is 0 Å². The van der Waals surface area contributed by atoms with Gasteiger partial charge in [0.15, 0.2) is 8.07 Å². The Bertz CT molecular complexity index is 3950. The number of nitriles is 1. The van der Waals surface area contributed by atoms with Gasteiger partial charge in [0.05, 0.1) is 50.4 Å². The van der Waals surface area contributed by atoms with Gasteiger partial charge in [0.25, 0.3) is 0 Å². The van der Waals surface area contributed by atoms with Crippen LogP contribution in [-0.2, 0) is 0 Å². The van der Waals surface area contributed by atoms with E-state index in [4.69, 9.17) is 0 Å². The second-order valence-corrected chi connectivity index (χ2v) is 21.0. The van der Waals surface area contributed by atoms with E-state index in [1.165, 1.54) is 47.7 Å². The van der Waals surface area contributed by atoms with Gasteiger partial charge in [-0.05, 0) is 93.5 Å². The molecule has 0 spiro atoms. The van der Waals surface area contributed by atoms with Crippen LogP contribution in [0.25, 0.3) is 82.5 Å². The van der Waals surface area contributed by atoms with Gasteiger partial charge >= 0.3 is 0 Å². The lowest BCUT2D eigenvalue weighted by molar-refractivity contribution is 1.16. The summed E-state index contributed by atoms with van der Waals surface area (Å²) in [6.07, 6.45) is 0. The minimum atomic E-state index is -2.69. The van der Waals surface area contributed by atoms with Crippen LogP contribution in [-0.4, -0.2) is 21.8 Å². The van der Waals surface area contributed by atoms with Gasteiger partial charge in [0.1, 0.15) is 0 Å². The van der Waals surface area contributed by atoms with Gasteiger partial charge in [-0.15, -0.1) is 0 Å². The van der Waals surface area contributed by atoms with Crippen molar-refractivity contribution in [3.63, 3.8) is 0 Å². The highest BCUT2D eigenvalue weighted by Gasteiger charge is 2.41. The molecule has 10 aromatic carbocycles. The maximum absolute atomic E-state index is 9.91. The van der Waals surface area contributed by atoms with Crippen molar-refractivity contribution in [3.8, 4) is 23.1 Å². The van der Waals surface area contributed by atoms with Crippen LogP contribution < -0.4 is 20.7 Å². The van der Waals surface area contributed by atoms with E-state index in [1.807, 2.05) is 12.1 Å². The van der Waals surface area contributed by atoms with E-state index in [2.05, 4.69) is 250 Å². The third kappa shape index (κ3) is 5.49. The lowest BCUT2D eigenvalue weighted by Crippen LogP contribution is -2.74. The van der Waals surface area contributed by atoms with Crippen LogP contribution in [0.4, 0.5) is 0 Å². The number of benzene rings is 10. The van der Waals surface area contributed by atoms with Crippen LogP contribution in [0.3, 0.4) is 0 Å². The lowest BCUT2D eigenvalue weighted by Gasteiger charge is -2.34. The van der Waals surface area contributed by atoms with Crippen molar-refractivity contribution in [3.05, 3.63) is 248 Å². The van der Waals surface area contributed by atoms with Crippen molar-refractivity contribution < 1.29 is 0 Å². The molecule has 5 heteroatoms.